The molecule has 0 aliphatic carbocycles. The second-order valence-electron chi connectivity index (χ2n) is 5.43. The minimum atomic E-state index is 0.784. The van der Waals surface area contributed by atoms with Gasteiger partial charge in [-0.2, -0.15) is 0 Å². The van der Waals surface area contributed by atoms with Crippen molar-refractivity contribution in [2.24, 2.45) is 11.7 Å². The van der Waals surface area contributed by atoms with Crippen molar-refractivity contribution in [1.82, 2.24) is 9.80 Å². The van der Waals surface area contributed by atoms with Gasteiger partial charge in [0, 0.05) is 32.7 Å². The van der Waals surface area contributed by atoms with Crippen LogP contribution in [0, 0.1) is 5.92 Å². The van der Waals surface area contributed by atoms with Crippen LogP contribution < -0.4 is 5.73 Å². The average Bonchev–Trinajstić information content (AvgIpc) is 2.78. The van der Waals surface area contributed by atoms with Gasteiger partial charge in [0.2, 0.25) is 0 Å². The van der Waals surface area contributed by atoms with E-state index < -0.39 is 0 Å². The number of rotatable bonds is 6. The van der Waals surface area contributed by atoms with E-state index in [1.165, 1.54) is 31.6 Å². The van der Waals surface area contributed by atoms with Crippen molar-refractivity contribution < 1.29 is 0 Å². The predicted molar refractivity (Wildman–Crippen MR) is 76.4 cm³/mol. The largest absolute Gasteiger partial charge is 0.329 e. The maximum atomic E-state index is 5.61. The van der Waals surface area contributed by atoms with Crippen LogP contribution in [0.2, 0.25) is 0 Å². The van der Waals surface area contributed by atoms with E-state index >= 15 is 0 Å². The molecule has 18 heavy (non-hydrogen) atoms. The van der Waals surface area contributed by atoms with Gasteiger partial charge in [-0.05, 0) is 31.5 Å². The summed E-state index contributed by atoms with van der Waals surface area (Å²) in [5, 5.41) is 0. The highest BCUT2D eigenvalue weighted by Crippen LogP contribution is 2.17. The van der Waals surface area contributed by atoms with Gasteiger partial charge in [0.1, 0.15) is 0 Å². The molecule has 2 rings (SSSR count). The minimum Gasteiger partial charge on any atom is -0.329 e. The van der Waals surface area contributed by atoms with Crippen molar-refractivity contribution in [3.05, 3.63) is 35.9 Å². The zero-order valence-corrected chi connectivity index (χ0v) is 11.4. The first-order valence-electron chi connectivity index (χ1n) is 6.93. The summed E-state index contributed by atoms with van der Waals surface area (Å²) in [6.07, 6.45) is 1.32. The molecule has 0 aromatic heterocycles. The average molecular weight is 247 g/mol. The Morgan fingerprint density at radius 3 is 2.83 bits per heavy atom. The SMILES string of the molecule is CN(Cc1ccccc1)CC1CCN(CCN)C1. The number of likely N-dealkylation sites (tertiary alicyclic amines) is 1. The van der Waals surface area contributed by atoms with E-state index in [1.54, 1.807) is 0 Å². The fourth-order valence-electron chi connectivity index (χ4n) is 2.85. The first-order chi connectivity index (χ1) is 8.78. The molecule has 1 aliphatic heterocycles. The zero-order valence-electron chi connectivity index (χ0n) is 11.4. The smallest absolute Gasteiger partial charge is 0.0230 e. The topological polar surface area (TPSA) is 32.5 Å². The fraction of sp³-hybridized carbons (Fsp3) is 0.600. The highest BCUT2D eigenvalue weighted by molar-refractivity contribution is 5.14. The molecular formula is C15H25N3. The van der Waals surface area contributed by atoms with Crippen LogP contribution in [0.25, 0.3) is 0 Å². The molecule has 1 atom stereocenters. The Morgan fingerprint density at radius 2 is 2.11 bits per heavy atom. The summed E-state index contributed by atoms with van der Waals surface area (Å²) >= 11 is 0. The number of hydrogen-bond donors (Lipinski definition) is 1. The Bertz CT molecular complexity index is 339. The monoisotopic (exact) mass is 247 g/mol. The van der Waals surface area contributed by atoms with Gasteiger partial charge in [-0.3, -0.25) is 0 Å². The lowest BCUT2D eigenvalue weighted by atomic mass is 10.1. The van der Waals surface area contributed by atoms with E-state index in [1.807, 2.05) is 0 Å². The summed E-state index contributed by atoms with van der Waals surface area (Å²) in [7, 11) is 2.22. The van der Waals surface area contributed by atoms with E-state index in [4.69, 9.17) is 5.73 Å². The Labute approximate surface area is 111 Å². The summed E-state index contributed by atoms with van der Waals surface area (Å²) in [5.74, 6) is 0.810. The van der Waals surface area contributed by atoms with Gasteiger partial charge in [0.15, 0.2) is 0 Å². The second-order valence-corrected chi connectivity index (χ2v) is 5.43. The van der Waals surface area contributed by atoms with Gasteiger partial charge in [-0.1, -0.05) is 30.3 Å². The minimum absolute atomic E-state index is 0.784. The Kier molecular flexibility index (Phi) is 5.17. The van der Waals surface area contributed by atoms with Crippen LogP contribution in [0.1, 0.15) is 12.0 Å². The van der Waals surface area contributed by atoms with Gasteiger partial charge in [0.25, 0.3) is 0 Å². The van der Waals surface area contributed by atoms with Crippen molar-refractivity contribution >= 4 is 0 Å². The maximum Gasteiger partial charge on any atom is 0.0230 e. The quantitative estimate of drug-likeness (QED) is 0.825. The van der Waals surface area contributed by atoms with Crippen LogP contribution in [0.15, 0.2) is 30.3 Å². The highest BCUT2D eigenvalue weighted by Gasteiger charge is 2.22. The summed E-state index contributed by atoms with van der Waals surface area (Å²) in [6.45, 7) is 6.52. The van der Waals surface area contributed by atoms with Gasteiger partial charge < -0.3 is 15.5 Å². The summed E-state index contributed by atoms with van der Waals surface area (Å²) < 4.78 is 0. The molecule has 0 radical (unpaired) electrons. The van der Waals surface area contributed by atoms with E-state index in [2.05, 4.69) is 47.2 Å². The molecule has 1 fully saturated rings. The molecule has 1 saturated heterocycles. The van der Waals surface area contributed by atoms with E-state index in [0.29, 0.717) is 0 Å². The third-order valence-electron chi connectivity index (χ3n) is 3.68. The van der Waals surface area contributed by atoms with Crippen molar-refractivity contribution in [3.63, 3.8) is 0 Å². The predicted octanol–water partition coefficient (Wildman–Crippen LogP) is 1.40. The zero-order chi connectivity index (χ0) is 12.8. The molecule has 2 N–H and O–H groups in total. The molecule has 0 saturated carbocycles. The molecule has 0 bridgehead atoms. The molecule has 3 nitrogen and oxygen atoms in total. The van der Waals surface area contributed by atoms with Crippen molar-refractivity contribution in [1.29, 1.82) is 0 Å². The molecule has 1 heterocycles. The van der Waals surface area contributed by atoms with E-state index in [9.17, 15) is 0 Å². The summed E-state index contributed by atoms with van der Waals surface area (Å²) in [6, 6.07) is 10.7. The van der Waals surface area contributed by atoms with Gasteiger partial charge in [-0.15, -0.1) is 0 Å². The van der Waals surface area contributed by atoms with Gasteiger partial charge in [-0.25, -0.2) is 0 Å². The molecular weight excluding hydrogens is 222 g/mol. The maximum absolute atomic E-state index is 5.61. The number of nitrogens with zero attached hydrogens (tertiary/aromatic N) is 2. The normalized spacial score (nSPS) is 20.7. The van der Waals surface area contributed by atoms with Crippen LogP contribution in [-0.4, -0.2) is 49.6 Å². The van der Waals surface area contributed by atoms with Crippen LogP contribution in [0.4, 0.5) is 0 Å². The number of benzene rings is 1. The number of hydrogen-bond acceptors (Lipinski definition) is 3. The molecule has 1 aliphatic rings. The molecule has 1 unspecified atom stereocenters. The Balaban J connectivity index is 1.73. The number of nitrogens with two attached hydrogens (primary N) is 1. The van der Waals surface area contributed by atoms with Crippen LogP contribution in [0.3, 0.4) is 0 Å². The summed E-state index contributed by atoms with van der Waals surface area (Å²) in [5.41, 5.74) is 7.00. The van der Waals surface area contributed by atoms with E-state index in [0.717, 1.165) is 25.6 Å². The Hall–Kier alpha value is -0.900. The lowest BCUT2D eigenvalue weighted by Gasteiger charge is -2.21. The first kappa shape index (κ1) is 13.5. The molecule has 0 spiro atoms. The Morgan fingerprint density at radius 1 is 1.33 bits per heavy atom. The molecule has 1 aromatic rings. The standard InChI is InChI=1S/C15H25N3/c1-17(11-14-5-3-2-4-6-14)12-15-7-9-18(13-15)10-8-16/h2-6,15H,7-13,16H2,1H3. The van der Waals surface area contributed by atoms with Gasteiger partial charge in [0.05, 0.1) is 0 Å². The lowest BCUT2D eigenvalue weighted by Crippen LogP contribution is -2.30. The van der Waals surface area contributed by atoms with Crippen LogP contribution in [0.5, 0.6) is 0 Å². The second kappa shape index (κ2) is 6.88. The van der Waals surface area contributed by atoms with Crippen LogP contribution in [-0.2, 0) is 6.54 Å². The van der Waals surface area contributed by atoms with Gasteiger partial charge >= 0.3 is 0 Å². The molecule has 1 aromatic carbocycles. The van der Waals surface area contributed by atoms with Crippen molar-refractivity contribution in [2.75, 3.05) is 39.8 Å². The lowest BCUT2D eigenvalue weighted by molar-refractivity contribution is 0.259. The third-order valence-corrected chi connectivity index (χ3v) is 3.68. The first-order valence-corrected chi connectivity index (χ1v) is 6.93. The van der Waals surface area contributed by atoms with Crippen LogP contribution >= 0.6 is 0 Å². The molecule has 100 valence electrons. The molecule has 0 amide bonds. The molecule has 3 heteroatoms. The highest BCUT2D eigenvalue weighted by atomic mass is 15.2. The summed E-state index contributed by atoms with van der Waals surface area (Å²) in [4.78, 5) is 4.92. The van der Waals surface area contributed by atoms with E-state index in [-0.39, 0.29) is 0 Å². The fourth-order valence-corrected chi connectivity index (χ4v) is 2.85. The van der Waals surface area contributed by atoms with Crippen molar-refractivity contribution in [2.45, 2.75) is 13.0 Å². The van der Waals surface area contributed by atoms with Crippen molar-refractivity contribution in [3.8, 4) is 0 Å². The third kappa shape index (κ3) is 4.09.